The molecule has 0 spiro atoms. The van der Waals surface area contributed by atoms with Crippen molar-refractivity contribution < 1.29 is 4.79 Å². The number of aromatic nitrogens is 2. The fourth-order valence-electron chi connectivity index (χ4n) is 1.41. The summed E-state index contributed by atoms with van der Waals surface area (Å²) in [4.78, 5) is 16.7. The third kappa shape index (κ3) is 2.91. The number of aliphatic imine (C=N–C) groups is 1. The second-order valence-corrected chi connectivity index (χ2v) is 6.61. The van der Waals surface area contributed by atoms with E-state index in [0.29, 0.717) is 15.2 Å². The summed E-state index contributed by atoms with van der Waals surface area (Å²) >= 11 is 4.30. The van der Waals surface area contributed by atoms with Crippen LogP contribution in [0.2, 0.25) is 0 Å². The van der Waals surface area contributed by atoms with Crippen molar-refractivity contribution in [3.05, 3.63) is 32.3 Å². The molecule has 0 unspecified atom stereocenters. The van der Waals surface area contributed by atoms with Crippen LogP contribution < -0.4 is 5.32 Å². The molecule has 96 valence electrons. The van der Waals surface area contributed by atoms with Crippen LogP contribution in [0.25, 0.3) is 6.08 Å². The van der Waals surface area contributed by atoms with Crippen LogP contribution in [0, 0.1) is 6.92 Å². The van der Waals surface area contributed by atoms with Crippen molar-refractivity contribution in [3.8, 4) is 0 Å². The molecule has 0 bridgehead atoms. The molecule has 1 aliphatic rings. The van der Waals surface area contributed by atoms with E-state index in [4.69, 9.17) is 0 Å². The molecule has 0 aliphatic carbocycles. The summed E-state index contributed by atoms with van der Waals surface area (Å²) in [5.41, 5.74) is 1.02. The van der Waals surface area contributed by atoms with Crippen molar-refractivity contribution >= 4 is 56.7 Å². The van der Waals surface area contributed by atoms with E-state index in [-0.39, 0.29) is 5.91 Å². The number of amides is 1. The van der Waals surface area contributed by atoms with Crippen LogP contribution in [0.15, 0.2) is 26.7 Å². The van der Waals surface area contributed by atoms with Gasteiger partial charge in [-0.25, -0.2) is 0 Å². The lowest BCUT2D eigenvalue weighted by atomic mass is 10.3. The number of thiophene rings is 1. The molecule has 0 atom stereocenters. The number of nitrogens with one attached hydrogen (secondary N) is 1. The minimum atomic E-state index is -0.129. The maximum atomic E-state index is 11.8. The number of thioether (sulfide) groups is 1. The highest BCUT2D eigenvalue weighted by Crippen LogP contribution is 2.29. The van der Waals surface area contributed by atoms with E-state index in [0.717, 1.165) is 10.6 Å². The molecule has 1 N–H and O–H groups in total. The third-order valence-corrected chi connectivity index (χ3v) is 4.55. The van der Waals surface area contributed by atoms with E-state index in [2.05, 4.69) is 20.5 Å². The summed E-state index contributed by atoms with van der Waals surface area (Å²) in [7, 11) is 0. The highest BCUT2D eigenvalue weighted by molar-refractivity contribution is 8.18. The number of nitrogens with zero attached hydrogens (tertiary/aromatic N) is 3. The van der Waals surface area contributed by atoms with Gasteiger partial charge in [0.05, 0.1) is 4.91 Å². The molecule has 3 heterocycles. The van der Waals surface area contributed by atoms with E-state index in [1.54, 1.807) is 11.3 Å². The molecular weight excluding hydrogens is 300 g/mol. The van der Waals surface area contributed by atoms with Gasteiger partial charge in [-0.3, -0.25) is 4.79 Å². The lowest BCUT2D eigenvalue weighted by Gasteiger charge is -1.89. The fourth-order valence-corrected chi connectivity index (χ4v) is 3.47. The first-order chi connectivity index (χ1) is 9.20. The Morgan fingerprint density at radius 1 is 1.42 bits per heavy atom. The Morgan fingerprint density at radius 2 is 2.32 bits per heavy atom. The molecule has 1 saturated heterocycles. The maximum absolute atomic E-state index is 11.8. The highest BCUT2D eigenvalue weighted by Gasteiger charge is 2.24. The Hall–Kier alpha value is -1.51. The van der Waals surface area contributed by atoms with Crippen molar-refractivity contribution in [1.29, 1.82) is 0 Å². The van der Waals surface area contributed by atoms with Crippen molar-refractivity contribution in [3.63, 3.8) is 0 Å². The Morgan fingerprint density at radius 3 is 3.00 bits per heavy atom. The van der Waals surface area contributed by atoms with Gasteiger partial charge in [0.1, 0.15) is 5.01 Å². The van der Waals surface area contributed by atoms with Crippen LogP contribution in [0.5, 0.6) is 0 Å². The summed E-state index contributed by atoms with van der Waals surface area (Å²) in [5, 5.41) is 16.4. The largest absolute Gasteiger partial charge is 0.300 e. The van der Waals surface area contributed by atoms with Crippen LogP contribution in [0.3, 0.4) is 0 Å². The van der Waals surface area contributed by atoms with Crippen molar-refractivity contribution in [1.82, 2.24) is 15.5 Å². The summed E-state index contributed by atoms with van der Waals surface area (Å²) < 4.78 is 0. The first-order valence-corrected chi connectivity index (χ1v) is 7.90. The zero-order chi connectivity index (χ0) is 13.2. The summed E-state index contributed by atoms with van der Waals surface area (Å²) in [6, 6.07) is 1.97. The molecule has 19 heavy (non-hydrogen) atoms. The van der Waals surface area contributed by atoms with Crippen molar-refractivity contribution in [2.45, 2.75) is 6.92 Å². The Kier molecular flexibility index (Phi) is 3.45. The van der Waals surface area contributed by atoms with Crippen LogP contribution in [-0.4, -0.2) is 21.3 Å². The molecule has 3 rings (SSSR count). The second kappa shape index (κ2) is 5.24. The number of carbonyl (C=O) groups excluding carboxylic acids is 1. The quantitative estimate of drug-likeness (QED) is 0.866. The zero-order valence-electron chi connectivity index (χ0n) is 9.78. The van der Waals surface area contributed by atoms with Crippen molar-refractivity contribution in [2.24, 2.45) is 4.99 Å². The van der Waals surface area contributed by atoms with Crippen LogP contribution in [-0.2, 0) is 4.79 Å². The summed E-state index contributed by atoms with van der Waals surface area (Å²) in [6.45, 7) is 1.86. The second-order valence-electron chi connectivity index (χ2n) is 3.64. The predicted molar refractivity (Wildman–Crippen MR) is 79.8 cm³/mol. The van der Waals surface area contributed by atoms with Crippen LogP contribution in [0.1, 0.15) is 10.6 Å². The maximum Gasteiger partial charge on any atom is 0.264 e. The fraction of sp³-hybridized carbons (Fsp3) is 0.0909. The normalized spacial score (nSPS) is 19.3. The van der Waals surface area contributed by atoms with Gasteiger partial charge in [-0.2, -0.15) is 16.3 Å². The number of hydrogen-bond acceptors (Lipinski definition) is 7. The molecule has 2 aromatic heterocycles. The number of hydrogen-bond donors (Lipinski definition) is 1. The van der Waals surface area contributed by atoms with Gasteiger partial charge >= 0.3 is 0 Å². The molecule has 2 aromatic rings. The highest BCUT2D eigenvalue weighted by atomic mass is 32.2. The van der Waals surface area contributed by atoms with E-state index in [9.17, 15) is 4.79 Å². The lowest BCUT2D eigenvalue weighted by Crippen LogP contribution is -2.19. The standard InChI is InChI=1S/C11H8N4OS3/c1-6-14-15-11(18-6)13-10-12-9(16)8(19-10)4-7-2-3-17-5-7/h2-5H,1H3,(H,12,13,15,16)/b8-4-. The van der Waals surface area contributed by atoms with Gasteiger partial charge in [0.2, 0.25) is 5.13 Å². The van der Waals surface area contributed by atoms with Crippen LogP contribution in [0.4, 0.5) is 5.13 Å². The molecule has 1 fully saturated rings. The number of rotatable bonds is 2. The molecular formula is C11H8N4OS3. The van der Waals surface area contributed by atoms with Gasteiger partial charge in [0.25, 0.3) is 5.91 Å². The first-order valence-electron chi connectivity index (χ1n) is 5.32. The average molecular weight is 308 g/mol. The molecule has 1 amide bonds. The Labute approximate surface area is 121 Å². The monoisotopic (exact) mass is 308 g/mol. The Balaban J connectivity index is 1.82. The lowest BCUT2D eigenvalue weighted by molar-refractivity contribution is -0.115. The van der Waals surface area contributed by atoms with Crippen molar-refractivity contribution in [2.75, 3.05) is 0 Å². The molecule has 0 aromatic carbocycles. The van der Waals surface area contributed by atoms with E-state index < -0.39 is 0 Å². The topological polar surface area (TPSA) is 67.2 Å². The smallest absolute Gasteiger partial charge is 0.264 e. The molecule has 0 saturated carbocycles. The van der Waals surface area contributed by atoms with Crippen LogP contribution >= 0.6 is 34.4 Å². The zero-order valence-corrected chi connectivity index (χ0v) is 12.2. The van der Waals surface area contributed by atoms with Gasteiger partial charge in [-0.05, 0) is 47.2 Å². The van der Waals surface area contributed by atoms with Gasteiger partial charge in [0.15, 0.2) is 5.17 Å². The summed E-state index contributed by atoms with van der Waals surface area (Å²) in [6.07, 6.45) is 1.85. The average Bonchev–Trinajstić information content (AvgIpc) is 3.06. The first kappa shape index (κ1) is 12.5. The molecule has 8 heteroatoms. The molecule has 1 aliphatic heterocycles. The molecule has 0 radical (unpaired) electrons. The number of carbonyl (C=O) groups is 1. The number of aryl methyl sites for hydroxylation is 1. The van der Waals surface area contributed by atoms with Gasteiger partial charge in [0, 0.05) is 0 Å². The van der Waals surface area contributed by atoms with E-state index >= 15 is 0 Å². The molecule has 5 nitrogen and oxygen atoms in total. The predicted octanol–water partition coefficient (Wildman–Crippen LogP) is 2.80. The minimum absolute atomic E-state index is 0.129. The van der Waals surface area contributed by atoms with Gasteiger partial charge < -0.3 is 5.32 Å². The van der Waals surface area contributed by atoms with Gasteiger partial charge in [-0.1, -0.05) is 11.3 Å². The van der Waals surface area contributed by atoms with E-state index in [1.807, 2.05) is 29.8 Å². The summed E-state index contributed by atoms with van der Waals surface area (Å²) in [5.74, 6) is -0.129. The number of amidine groups is 1. The SMILES string of the molecule is Cc1nnc(N=C2NC(=O)/C(=C/c3ccsc3)S2)s1. The third-order valence-electron chi connectivity index (χ3n) is 2.20. The minimum Gasteiger partial charge on any atom is -0.300 e. The Bertz CT molecular complexity index is 672. The van der Waals surface area contributed by atoms with Gasteiger partial charge in [-0.15, -0.1) is 10.2 Å². The van der Waals surface area contributed by atoms with E-state index in [1.165, 1.54) is 23.1 Å².